The second-order valence-corrected chi connectivity index (χ2v) is 5.31. The first kappa shape index (κ1) is 14.3. The molecule has 0 amide bonds. The average molecular weight is 319 g/mol. The van der Waals surface area contributed by atoms with E-state index in [1.54, 1.807) is 35.2 Å². The number of anilines is 1. The molecule has 5 nitrogen and oxygen atoms in total. The molecular weight excluding hydrogens is 305 g/mol. The van der Waals surface area contributed by atoms with Crippen molar-refractivity contribution in [1.82, 2.24) is 19.6 Å². The van der Waals surface area contributed by atoms with E-state index in [0.717, 1.165) is 16.9 Å². The van der Waals surface area contributed by atoms with E-state index in [2.05, 4.69) is 20.4 Å². The van der Waals surface area contributed by atoms with E-state index in [0.29, 0.717) is 17.9 Å². The minimum atomic E-state index is -0.230. The van der Waals surface area contributed by atoms with Crippen molar-refractivity contribution in [3.05, 3.63) is 78.5 Å². The van der Waals surface area contributed by atoms with E-state index in [9.17, 15) is 4.39 Å². The number of hydrogen-bond acceptors (Lipinski definition) is 4. The number of fused-ring (bicyclic) bond motifs is 1. The van der Waals surface area contributed by atoms with Crippen molar-refractivity contribution in [1.29, 1.82) is 0 Å². The van der Waals surface area contributed by atoms with Crippen LogP contribution in [0, 0.1) is 5.82 Å². The van der Waals surface area contributed by atoms with Crippen LogP contribution >= 0.6 is 0 Å². The van der Waals surface area contributed by atoms with E-state index in [1.165, 1.54) is 6.07 Å². The number of pyridine rings is 1. The molecule has 6 heteroatoms. The molecule has 0 radical (unpaired) electrons. The fourth-order valence-corrected chi connectivity index (χ4v) is 2.51. The molecule has 3 aromatic heterocycles. The number of nitrogens with zero attached hydrogens (tertiary/aromatic N) is 4. The lowest BCUT2D eigenvalue weighted by atomic mass is 10.2. The molecular formula is C18H14FN5. The normalized spacial score (nSPS) is 10.9. The molecule has 118 valence electrons. The molecule has 0 spiro atoms. The summed E-state index contributed by atoms with van der Waals surface area (Å²) in [7, 11) is 0. The zero-order chi connectivity index (χ0) is 16.4. The Hall–Kier alpha value is -3.28. The lowest BCUT2D eigenvalue weighted by Gasteiger charge is -2.08. The number of imidazole rings is 1. The Balaban J connectivity index is 1.64. The number of nitrogens with one attached hydrogen (secondary N) is 1. The molecule has 0 atom stereocenters. The van der Waals surface area contributed by atoms with Crippen LogP contribution in [-0.4, -0.2) is 19.6 Å². The minimum Gasteiger partial charge on any atom is -0.364 e. The van der Waals surface area contributed by atoms with Crippen molar-refractivity contribution in [2.45, 2.75) is 6.54 Å². The molecule has 0 aliphatic rings. The molecule has 24 heavy (non-hydrogen) atoms. The second kappa shape index (κ2) is 6.08. The Labute approximate surface area is 137 Å². The van der Waals surface area contributed by atoms with Crippen LogP contribution in [-0.2, 0) is 6.54 Å². The Morgan fingerprint density at radius 3 is 2.67 bits per heavy atom. The zero-order valence-electron chi connectivity index (χ0n) is 12.7. The molecule has 0 aliphatic heterocycles. The van der Waals surface area contributed by atoms with E-state index in [4.69, 9.17) is 0 Å². The van der Waals surface area contributed by atoms with Gasteiger partial charge in [-0.2, -0.15) is 0 Å². The third-order valence-electron chi connectivity index (χ3n) is 3.76. The van der Waals surface area contributed by atoms with Crippen LogP contribution in [0.4, 0.5) is 10.2 Å². The fraction of sp³-hybridized carbons (Fsp3) is 0.0556. The molecule has 0 saturated heterocycles. The summed E-state index contributed by atoms with van der Waals surface area (Å²) in [5, 5.41) is 7.71. The maximum Gasteiger partial charge on any atom is 0.154 e. The Bertz CT molecular complexity index is 981. The van der Waals surface area contributed by atoms with Gasteiger partial charge in [-0.25, -0.2) is 13.9 Å². The van der Waals surface area contributed by atoms with Crippen LogP contribution in [0.15, 0.2) is 67.1 Å². The molecule has 0 saturated carbocycles. The summed E-state index contributed by atoms with van der Waals surface area (Å²) in [5.41, 5.74) is 3.20. The topological polar surface area (TPSA) is 55.1 Å². The summed E-state index contributed by atoms with van der Waals surface area (Å²) in [4.78, 5) is 8.39. The van der Waals surface area contributed by atoms with Crippen molar-refractivity contribution in [3.63, 3.8) is 0 Å². The van der Waals surface area contributed by atoms with Gasteiger partial charge in [0.25, 0.3) is 0 Å². The van der Waals surface area contributed by atoms with Gasteiger partial charge in [0.15, 0.2) is 5.65 Å². The third kappa shape index (κ3) is 2.69. The van der Waals surface area contributed by atoms with Gasteiger partial charge in [-0.05, 0) is 30.3 Å². The lowest BCUT2D eigenvalue weighted by molar-refractivity contribution is 0.612. The second-order valence-electron chi connectivity index (χ2n) is 5.31. The maximum absolute atomic E-state index is 13.7. The van der Waals surface area contributed by atoms with Crippen LogP contribution in [0.1, 0.15) is 5.56 Å². The van der Waals surface area contributed by atoms with Crippen LogP contribution < -0.4 is 5.32 Å². The first-order chi connectivity index (χ1) is 11.8. The van der Waals surface area contributed by atoms with Crippen LogP contribution in [0.3, 0.4) is 0 Å². The standard InChI is InChI=1S/C18H14FN5/c19-15-4-2-1-3-14(15)11-21-17-5-6-18-22-12-16(24(18)23-17)13-7-9-20-10-8-13/h1-10,12H,11H2,(H,21,23). The number of halogens is 1. The van der Waals surface area contributed by atoms with Gasteiger partial charge in [-0.1, -0.05) is 18.2 Å². The van der Waals surface area contributed by atoms with Crippen molar-refractivity contribution in [2.24, 2.45) is 0 Å². The van der Waals surface area contributed by atoms with Crippen LogP contribution in [0.5, 0.6) is 0 Å². The Morgan fingerprint density at radius 2 is 1.83 bits per heavy atom. The lowest BCUT2D eigenvalue weighted by Crippen LogP contribution is -2.05. The third-order valence-corrected chi connectivity index (χ3v) is 3.76. The summed E-state index contributed by atoms with van der Waals surface area (Å²) >= 11 is 0. The monoisotopic (exact) mass is 319 g/mol. The summed E-state index contributed by atoms with van der Waals surface area (Å²) in [6.07, 6.45) is 5.24. The predicted octanol–water partition coefficient (Wildman–Crippen LogP) is 3.54. The number of aromatic nitrogens is 4. The van der Waals surface area contributed by atoms with Gasteiger partial charge < -0.3 is 5.32 Å². The SMILES string of the molecule is Fc1ccccc1CNc1ccc2ncc(-c3ccncc3)n2n1. The Kier molecular flexibility index (Phi) is 3.63. The highest BCUT2D eigenvalue weighted by atomic mass is 19.1. The highest BCUT2D eigenvalue weighted by molar-refractivity contribution is 5.63. The number of hydrogen-bond donors (Lipinski definition) is 1. The van der Waals surface area contributed by atoms with Gasteiger partial charge in [0.05, 0.1) is 11.9 Å². The van der Waals surface area contributed by atoms with E-state index < -0.39 is 0 Å². The molecule has 1 aromatic carbocycles. The smallest absolute Gasteiger partial charge is 0.154 e. The highest BCUT2D eigenvalue weighted by Gasteiger charge is 2.08. The molecule has 1 N–H and O–H groups in total. The van der Waals surface area contributed by atoms with Gasteiger partial charge in [0.2, 0.25) is 0 Å². The molecule has 3 heterocycles. The van der Waals surface area contributed by atoms with Gasteiger partial charge in [0.1, 0.15) is 11.6 Å². The number of benzene rings is 1. The molecule has 4 rings (SSSR count). The van der Waals surface area contributed by atoms with Crippen molar-refractivity contribution >= 4 is 11.5 Å². The van der Waals surface area contributed by atoms with Crippen LogP contribution in [0.2, 0.25) is 0 Å². The summed E-state index contributed by atoms with van der Waals surface area (Å²) in [6.45, 7) is 0.366. The summed E-state index contributed by atoms with van der Waals surface area (Å²) in [5.74, 6) is 0.422. The molecule has 0 fully saturated rings. The van der Waals surface area contributed by atoms with E-state index >= 15 is 0 Å². The summed E-state index contributed by atoms with van der Waals surface area (Å²) < 4.78 is 15.5. The predicted molar refractivity (Wildman–Crippen MR) is 89.9 cm³/mol. The quantitative estimate of drug-likeness (QED) is 0.625. The maximum atomic E-state index is 13.7. The highest BCUT2D eigenvalue weighted by Crippen LogP contribution is 2.20. The summed E-state index contributed by atoms with van der Waals surface area (Å²) in [6, 6.07) is 14.2. The van der Waals surface area contributed by atoms with Gasteiger partial charge in [-0.15, -0.1) is 5.10 Å². The number of rotatable bonds is 4. The Morgan fingerprint density at radius 1 is 1.00 bits per heavy atom. The van der Waals surface area contributed by atoms with Crippen LogP contribution in [0.25, 0.3) is 16.9 Å². The molecule has 4 aromatic rings. The van der Waals surface area contributed by atoms with Crippen molar-refractivity contribution in [2.75, 3.05) is 5.32 Å². The van der Waals surface area contributed by atoms with Crippen molar-refractivity contribution in [3.8, 4) is 11.3 Å². The molecule has 0 bridgehead atoms. The largest absolute Gasteiger partial charge is 0.364 e. The molecule has 0 aliphatic carbocycles. The van der Waals surface area contributed by atoms with Gasteiger partial charge in [0, 0.05) is 30.1 Å². The minimum absolute atomic E-state index is 0.230. The van der Waals surface area contributed by atoms with Crippen molar-refractivity contribution < 1.29 is 4.39 Å². The zero-order valence-corrected chi connectivity index (χ0v) is 12.7. The fourth-order valence-electron chi connectivity index (χ4n) is 2.51. The van der Waals surface area contributed by atoms with Gasteiger partial charge >= 0.3 is 0 Å². The first-order valence-corrected chi connectivity index (χ1v) is 7.54. The van der Waals surface area contributed by atoms with Gasteiger partial charge in [-0.3, -0.25) is 4.98 Å². The average Bonchev–Trinajstić information content (AvgIpc) is 3.05. The van der Waals surface area contributed by atoms with E-state index in [1.807, 2.05) is 30.3 Å². The van der Waals surface area contributed by atoms with E-state index in [-0.39, 0.29) is 5.82 Å². The molecule has 0 unspecified atom stereocenters. The first-order valence-electron chi connectivity index (χ1n) is 7.54.